The van der Waals surface area contributed by atoms with Gasteiger partial charge in [-0.2, -0.15) is 0 Å². The molecule has 2 aromatic rings. The lowest BCUT2D eigenvalue weighted by Crippen LogP contribution is -2.27. The lowest BCUT2D eigenvalue weighted by molar-refractivity contribution is 0.0495. The molecule has 0 radical (unpaired) electrons. The van der Waals surface area contributed by atoms with Gasteiger partial charge >= 0.3 is 5.97 Å². The van der Waals surface area contributed by atoms with E-state index in [1.807, 2.05) is 19.1 Å². The van der Waals surface area contributed by atoms with E-state index >= 15 is 0 Å². The summed E-state index contributed by atoms with van der Waals surface area (Å²) in [5.41, 5.74) is 1.87. The number of unbranched alkanes of at least 4 members (excludes halogenated alkanes) is 1. The molecule has 0 saturated carbocycles. The van der Waals surface area contributed by atoms with E-state index in [1.54, 1.807) is 31.4 Å². The lowest BCUT2D eigenvalue weighted by Gasteiger charge is -2.20. The van der Waals surface area contributed by atoms with Crippen LogP contribution < -0.4 is 9.47 Å². The van der Waals surface area contributed by atoms with Crippen LogP contribution in [0.25, 0.3) is 0 Å². The zero-order valence-electron chi connectivity index (χ0n) is 18.3. The molecule has 0 spiro atoms. The van der Waals surface area contributed by atoms with E-state index in [4.69, 9.17) is 14.2 Å². The van der Waals surface area contributed by atoms with Gasteiger partial charge in [-0.3, -0.25) is 0 Å². The number of halogens is 1. The third-order valence-electron chi connectivity index (χ3n) is 4.83. The van der Waals surface area contributed by atoms with Crippen LogP contribution in [-0.2, 0) is 11.2 Å². The summed E-state index contributed by atoms with van der Waals surface area (Å²) in [5, 5.41) is 0. The molecular weight excluding hydrogens is 402 g/mol. The number of benzene rings is 2. The van der Waals surface area contributed by atoms with Gasteiger partial charge in [-0.1, -0.05) is 19.1 Å². The fourth-order valence-corrected chi connectivity index (χ4v) is 3.05. The number of likely N-dealkylation sites (N-methyl/N-ethyl adjacent to an activating group) is 1. The lowest BCUT2D eigenvalue weighted by atomic mass is 10.1. The van der Waals surface area contributed by atoms with Gasteiger partial charge in [-0.05, 0) is 81.2 Å². The molecule has 0 aliphatic rings. The van der Waals surface area contributed by atoms with E-state index in [9.17, 15) is 4.79 Å². The maximum Gasteiger partial charge on any atom is 0.338 e. The Morgan fingerprint density at radius 1 is 0.900 bits per heavy atom. The number of hydrogen-bond donors (Lipinski definition) is 0. The molecular formula is C24H34ClNO4. The van der Waals surface area contributed by atoms with Crippen molar-refractivity contribution in [1.82, 2.24) is 4.90 Å². The topological polar surface area (TPSA) is 48.0 Å². The van der Waals surface area contributed by atoms with Crippen molar-refractivity contribution in [2.24, 2.45) is 0 Å². The summed E-state index contributed by atoms with van der Waals surface area (Å²) in [5.74, 6) is 1.37. The largest absolute Gasteiger partial charge is 0.497 e. The minimum atomic E-state index is -0.282. The molecule has 0 atom stereocenters. The molecule has 30 heavy (non-hydrogen) atoms. The van der Waals surface area contributed by atoms with Crippen molar-refractivity contribution in [2.45, 2.75) is 33.1 Å². The van der Waals surface area contributed by atoms with E-state index in [1.165, 1.54) is 5.56 Å². The minimum absolute atomic E-state index is 0. The Bertz CT molecular complexity index is 719. The number of carbonyl (C=O) groups excluding carboxylic acids is 1. The van der Waals surface area contributed by atoms with Gasteiger partial charge in [-0.25, -0.2) is 4.79 Å². The second kappa shape index (κ2) is 14.7. The molecule has 0 fully saturated rings. The summed E-state index contributed by atoms with van der Waals surface area (Å²) < 4.78 is 16.0. The zero-order chi connectivity index (χ0) is 20.9. The van der Waals surface area contributed by atoms with Crippen molar-refractivity contribution < 1.29 is 19.0 Å². The van der Waals surface area contributed by atoms with Crippen LogP contribution in [0.4, 0.5) is 0 Å². The highest BCUT2D eigenvalue weighted by atomic mass is 35.5. The Kier molecular flexibility index (Phi) is 12.6. The number of rotatable bonds is 13. The van der Waals surface area contributed by atoms with E-state index in [-0.39, 0.29) is 18.4 Å². The molecule has 2 aromatic carbocycles. The van der Waals surface area contributed by atoms with Crippen molar-refractivity contribution in [3.63, 3.8) is 0 Å². The maximum atomic E-state index is 12.0. The highest BCUT2D eigenvalue weighted by Gasteiger charge is 2.08. The summed E-state index contributed by atoms with van der Waals surface area (Å²) in [6.45, 7) is 8.36. The fourth-order valence-electron chi connectivity index (χ4n) is 3.05. The van der Waals surface area contributed by atoms with Gasteiger partial charge in [0.2, 0.25) is 0 Å². The van der Waals surface area contributed by atoms with Crippen molar-refractivity contribution >= 4 is 18.4 Å². The highest BCUT2D eigenvalue weighted by molar-refractivity contribution is 5.89. The van der Waals surface area contributed by atoms with Gasteiger partial charge in [0.15, 0.2) is 0 Å². The van der Waals surface area contributed by atoms with Crippen molar-refractivity contribution in [3.8, 4) is 11.5 Å². The van der Waals surface area contributed by atoms with Gasteiger partial charge in [0.05, 0.1) is 25.9 Å². The van der Waals surface area contributed by atoms with Crippen LogP contribution in [0.2, 0.25) is 0 Å². The fraction of sp³-hybridized carbons (Fsp3) is 0.458. The quantitative estimate of drug-likeness (QED) is 0.326. The molecule has 5 nitrogen and oxygen atoms in total. The third kappa shape index (κ3) is 9.06. The molecule has 0 aliphatic heterocycles. The van der Waals surface area contributed by atoms with Gasteiger partial charge in [0.1, 0.15) is 11.5 Å². The number of esters is 1. The summed E-state index contributed by atoms with van der Waals surface area (Å²) >= 11 is 0. The number of methoxy groups -OCH3 is 1. The Balaban J connectivity index is 0.00000450. The predicted octanol–water partition coefficient (Wildman–Crippen LogP) is 5.02. The highest BCUT2D eigenvalue weighted by Crippen LogP contribution is 2.14. The van der Waals surface area contributed by atoms with Gasteiger partial charge in [-0.15, -0.1) is 12.4 Å². The smallest absolute Gasteiger partial charge is 0.338 e. The standard InChI is InChI=1S/C24H33NO4.ClH/c1-4-25(18-16-20-8-12-23(13-9-20)28-5-2)17-6-7-19-29-24(26)21-10-14-22(27-3)15-11-21;/h8-15H,4-7,16-19H2,1-3H3;1H. The van der Waals surface area contributed by atoms with Crippen LogP contribution in [-0.4, -0.2) is 50.8 Å². The van der Waals surface area contributed by atoms with Crippen LogP contribution in [0.1, 0.15) is 42.6 Å². The first-order chi connectivity index (χ1) is 14.2. The zero-order valence-corrected chi connectivity index (χ0v) is 19.1. The molecule has 0 aromatic heterocycles. The number of ether oxygens (including phenoxy) is 3. The summed E-state index contributed by atoms with van der Waals surface area (Å²) in [4.78, 5) is 14.5. The maximum absolute atomic E-state index is 12.0. The van der Waals surface area contributed by atoms with Gasteiger partial charge in [0, 0.05) is 6.54 Å². The third-order valence-corrected chi connectivity index (χ3v) is 4.83. The Hall–Kier alpha value is -2.24. The second-order valence-corrected chi connectivity index (χ2v) is 6.83. The molecule has 0 bridgehead atoms. The monoisotopic (exact) mass is 435 g/mol. The molecule has 0 N–H and O–H groups in total. The van der Waals surface area contributed by atoms with Crippen molar-refractivity contribution in [3.05, 3.63) is 59.7 Å². The summed E-state index contributed by atoms with van der Waals surface area (Å²) in [6, 6.07) is 15.3. The molecule has 0 amide bonds. The summed E-state index contributed by atoms with van der Waals surface area (Å²) in [7, 11) is 1.60. The molecule has 2 rings (SSSR count). The second-order valence-electron chi connectivity index (χ2n) is 6.83. The van der Waals surface area contributed by atoms with Crippen LogP contribution >= 0.6 is 12.4 Å². The summed E-state index contributed by atoms with van der Waals surface area (Å²) in [6.07, 6.45) is 2.89. The Morgan fingerprint density at radius 3 is 2.17 bits per heavy atom. The van der Waals surface area contributed by atoms with E-state index in [2.05, 4.69) is 24.0 Å². The molecule has 0 aliphatic carbocycles. The van der Waals surface area contributed by atoms with Crippen LogP contribution in [0, 0.1) is 0 Å². The Morgan fingerprint density at radius 2 is 1.57 bits per heavy atom. The van der Waals surface area contributed by atoms with E-state index < -0.39 is 0 Å². The van der Waals surface area contributed by atoms with Gasteiger partial charge in [0.25, 0.3) is 0 Å². The molecule has 0 heterocycles. The van der Waals surface area contributed by atoms with E-state index in [0.29, 0.717) is 18.8 Å². The number of carbonyl (C=O) groups is 1. The average molecular weight is 436 g/mol. The number of hydrogen-bond acceptors (Lipinski definition) is 5. The van der Waals surface area contributed by atoms with Crippen LogP contribution in [0.15, 0.2) is 48.5 Å². The van der Waals surface area contributed by atoms with Crippen LogP contribution in [0.3, 0.4) is 0 Å². The van der Waals surface area contributed by atoms with Gasteiger partial charge < -0.3 is 19.1 Å². The van der Waals surface area contributed by atoms with Crippen molar-refractivity contribution in [1.29, 1.82) is 0 Å². The first kappa shape index (κ1) is 25.8. The first-order valence-electron chi connectivity index (χ1n) is 10.4. The number of nitrogens with zero attached hydrogens (tertiary/aromatic N) is 1. The van der Waals surface area contributed by atoms with E-state index in [0.717, 1.165) is 50.4 Å². The molecule has 166 valence electrons. The Labute approximate surface area is 186 Å². The molecule has 6 heteroatoms. The average Bonchev–Trinajstić information content (AvgIpc) is 2.76. The van der Waals surface area contributed by atoms with Crippen molar-refractivity contribution in [2.75, 3.05) is 40.0 Å². The SMILES string of the molecule is CCOc1ccc(CCN(CC)CCCCOC(=O)c2ccc(OC)cc2)cc1.Cl. The predicted molar refractivity (Wildman–Crippen MR) is 123 cm³/mol. The van der Waals surface area contributed by atoms with Crippen LogP contribution in [0.5, 0.6) is 11.5 Å². The minimum Gasteiger partial charge on any atom is -0.497 e. The first-order valence-corrected chi connectivity index (χ1v) is 10.4. The molecule has 0 unspecified atom stereocenters. The molecule has 0 saturated heterocycles. The normalized spacial score (nSPS) is 10.4.